The van der Waals surface area contributed by atoms with Crippen LogP contribution >= 0.6 is 11.6 Å². The van der Waals surface area contributed by atoms with Gasteiger partial charge in [-0.3, -0.25) is 0 Å². The number of benzene rings is 1. The number of hydrogen-bond donors (Lipinski definition) is 1. The lowest BCUT2D eigenvalue weighted by Crippen LogP contribution is -2.32. The van der Waals surface area contributed by atoms with E-state index in [4.69, 9.17) is 11.6 Å². The first-order valence-corrected chi connectivity index (χ1v) is 8.20. The fourth-order valence-electron chi connectivity index (χ4n) is 3.32. The largest absolute Gasteiger partial charge is 0.310 e. The highest BCUT2D eigenvalue weighted by molar-refractivity contribution is 6.30. The smallest absolute Gasteiger partial charge is 0.0406 e. The van der Waals surface area contributed by atoms with Gasteiger partial charge in [0.2, 0.25) is 0 Å². The summed E-state index contributed by atoms with van der Waals surface area (Å²) in [5.74, 6) is 0.845. The Morgan fingerprint density at radius 3 is 2.55 bits per heavy atom. The maximum absolute atomic E-state index is 5.98. The SMILES string of the molecule is CCNC(CCN1CC(C)CC1C)c1ccc(Cl)cc1. The molecule has 1 heterocycles. The molecule has 1 aliphatic heterocycles. The van der Waals surface area contributed by atoms with Crippen LogP contribution in [0.15, 0.2) is 24.3 Å². The highest BCUT2D eigenvalue weighted by Crippen LogP contribution is 2.25. The quantitative estimate of drug-likeness (QED) is 0.849. The monoisotopic (exact) mass is 294 g/mol. The molecule has 3 unspecified atom stereocenters. The Morgan fingerprint density at radius 1 is 1.30 bits per heavy atom. The molecule has 3 heteroatoms. The van der Waals surface area contributed by atoms with Crippen molar-refractivity contribution in [1.82, 2.24) is 10.2 Å². The van der Waals surface area contributed by atoms with Crippen LogP contribution in [-0.2, 0) is 0 Å². The Kier molecular flexibility index (Phi) is 5.88. The Labute approximate surface area is 128 Å². The lowest BCUT2D eigenvalue weighted by Gasteiger charge is -2.25. The van der Waals surface area contributed by atoms with E-state index in [2.05, 4.69) is 43.1 Å². The standard InChI is InChI=1S/C17H27ClN2/c1-4-19-17(15-5-7-16(18)8-6-15)9-10-20-12-13(2)11-14(20)3/h5-8,13-14,17,19H,4,9-12H2,1-3H3. The van der Waals surface area contributed by atoms with Gasteiger partial charge in [0.25, 0.3) is 0 Å². The lowest BCUT2D eigenvalue weighted by atomic mass is 10.0. The van der Waals surface area contributed by atoms with Crippen LogP contribution in [0.5, 0.6) is 0 Å². The average Bonchev–Trinajstić information content (AvgIpc) is 2.74. The molecule has 3 atom stereocenters. The number of hydrogen-bond acceptors (Lipinski definition) is 2. The van der Waals surface area contributed by atoms with E-state index in [0.717, 1.165) is 29.9 Å². The molecular formula is C17H27ClN2. The molecule has 0 aromatic heterocycles. The second-order valence-electron chi connectivity index (χ2n) is 6.14. The molecule has 0 amide bonds. The second-order valence-corrected chi connectivity index (χ2v) is 6.57. The van der Waals surface area contributed by atoms with E-state index in [9.17, 15) is 0 Å². The molecular weight excluding hydrogens is 268 g/mol. The summed E-state index contributed by atoms with van der Waals surface area (Å²) in [6, 6.07) is 9.43. The van der Waals surface area contributed by atoms with Gasteiger partial charge in [-0.15, -0.1) is 0 Å². The molecule has 0 aliphatic carbocycles. The number of nitrogens with one attached hydrogen (secondary N) is 1. The zero-order valence-corrected chi connectivity index (χ0v) is 13.7. The minimum absolute atomic E-state index is 0.431. The van der Waals surface area contributed by atoms with Gasteiger partial charge in [-0.2, -0.15) is 0 Å². The summed E-state index contributed by atoms with van der Waals surface area (Å²) in [7, 11) is 0. The molecule has 1 aromatic carbocycles. The van der Waals surface area contributed by atoms with E-state index < -0.39 is 0 Å². The van der Waals surface area contributed by atoms with Gasteiger partial charge in [0, 0.05) is 30.2 Å². The molecule has 0 spiro atoms. The summed E-state index contributed by atoms with van der Waals surface area (Å²) >= 11 is 5.98. The van der Waals surface area contributed by atoms with Crippen LogP contribution in [0.3, 0.4) is 0 Å². The predicted octanol–water partition coefficient (Wildman–Crippen LogP) is 4.11. The number of halogens is 1. The topological polar surface area (TPSA) is 15.3 Å². The summed E-state index contributed by atoms with van der Waals surface area (Å²) in [4.78, 5) is 2.63. The molecule has 0 saturated carbocycles. The van der Waals surface area contributed by atoms with E-state index >= 15 is 0 Å². The van der Waals surface area contributed by atoms with Crippen LogP contribution < -0.4 is 5.32 Å². The van der Waals surface area contributed by atoms with Crippen molar-refractivity contribution in [3.8, 4) is 0 Å². The maximum atomic E-state index is 5.98. The van der Waals surface area contributed by atoms with Gasteiger partial charge in [-0.1, -0.05) is 37.6 Å². The van der Waals surface area contributed by atoms with Crippen LogP contribution in [0.25, 0.3) is 0 Å². The molecule has 1 aliphatic rings. The second kappa shape index (κ2) is 7.44. The molecule has 1 N–H and O–H groups in total. The molecule has 0 bridgehead atoms. The van der Waals surface area contributed by atoms with E-state index in [-0.39, 0.29) is 0 Å². The van der Waals surface area contributed by atoms with Crippen LogP contribution in [0.2, 0.25) is 5.02 Å². The van der Waals surface area contributed by atoms with Gasteiger partial charge >= 0.3 is 0 Å². The van der Waals surface area contributed by atoms with E-state index in [1.165, 1.54) is 25.1 Å². The third kappa shape index (κ3) is 4.21. The Hall–Kier alpha value is -0.570. The lowest BCUT2D eigenvalue weighted by molar-refractivity contribution is 0.249. The first-order chi connectivity index (χ1) is 9.60. The molecule has 20 heavy (non-hydrogen) atoms. The molecule has 2 rings (SSSR count). The van der Waals surface area contributed by atoms with Crippen molar-refractivity contribution in [1.29, 1.82) is 0 Å². The van der Waals surface area contributed by atoms with Crippen molar-refractivity contribution < 1.29 is 0 Å². The average molecular weight is 295 g/mol. The Morgan fingerprint density at radius 2 is 2.00 bits per heavy atom. The van der Waals surface area contributed by atoms with Gasteiger partial charge in [0.05, 0.1) is 0 Å². The van der Waals surface area contributed by atoms with Crippen LogP contribution in [0, 0.1) is 5.92 Å². The zero-order chi connectivity index (χ0) is 14.5. The highest BCUT2D eigenvalue weighted by atomic mass is 35.5. The summed E-state index contributed by atoms with van der Waals surface area (Å²) in [5.41, 5.74) is 1.34. The van der Waals surface area contributed by atoms with Crippen LogP contribution in [0.4, 0.5) is 0 Å². The molecule has 112 valence electrons. The first kappa shape index (κ1) is 15.8. The Bertz CT molecular complexity index is 404. The molecule has 0 radical (unpaired) electrons. The normalized spacial score (nSPS) is 25.0. The summed E-state index contributed by atoms with van der Waals surface area (Å²) in [5, 5.41) is 4.41. The van der Waals surface area contributed by atoms with Crippen molar-refractivity contribution in [2.45, 2.75) is 45.7 Å². The van der Waals surface area contributed by atoms with E-state index in [1.54, 1.807) is 0 Å². The van der Waals surface area contributed by atoms with Crippen molar-refractivity contribution in [2.75, 3.05) is 19.6 Å². The van der Waals surface area contributed by atoms with Gasteiger partial charge in [0.15, 0.2) is 0 Å². The van der Waals surface area contributed by atoms with Crippen molar-refractivity contribution >= 4 is 11.6 Å². The fraction of sp³-hybridized carbons (Fsp3) is 0.647. The minimum atomic E-state index is 0.431. The number of likely N-dealkylation sites (tertiary alicyclic amines) is 1. The maximum Gasteiger partial charge on any atom is 0.0406 e. The third-order valence-electron chi connectivity index (χ3n) is 4.34. The predicted molar refractivity (Wildman–Crippen MR) is 87.3 cm³/mol. The number of rotatable bonds is 6. The van der Waals surface area contributed by atoms with Crippen molar-refractivity contribution in [2.24, 2.45) is 5.92 Å². The van der Waals surface area contributed by atoms with Gasteiger partial charge < -0.3 is 10.2 Å². The third-order valence-corrected chi connectivity index (χ3v) is 4.59. The van der Waals surface area contributed by atoms with E-state index in [0.29, 0.717) is 6.04 Å². The van der Waals surface area contributed by atoms with E-state index in [1.807, 2.05) is 12.1 Å². The summed E-state index contributed by atoms with van der Waals surface area (Å²) < 4.78 is 0. The van der Waals surface area contributed by atoms with Gasteiger partial charge in [-0.05, 0) is 49.9 Å². The molecule has 1 fully saturated rings. The zero-order valence-electron chi connectivity index (χ0n) is 12.9. The van der Waals surface area contributed by atoms with Crippen LogP contribution in [-0.4, -0.2) is 30.6 Å². The first-order valence-electron chi connectivity index (χ1n) is 7.83. The summed E-state index contributed by atoms with van der Waals surface area (Å²) in [6.07, 6.45) is 2.50. The Balaban J connectivity index is 1.94. The van der Waals surface area contributed by atoms with Crippen LogP contribution in [0.1, 0.15) is 45.2 Å². The van der Waals surface area contributed by atoms with Crippen molar-refractivity contribution in [3.05, 3.63) is 34.9 Å². The van der Waals surface area contributed by atoms with Gasteiger partial charge in [-0.25, -0.2) is 0 Å². The number of nitrogens with zero attached hydrogens (tertiary/aromatic N) is 1. The minimum Gasteiger partial charge on any atom is -0.310 e. The van der Waals surface area contributed by atoms with Crippen molar-refractivity contribution in [3.63, 3.8) is 0 Å². The fourth-order valence-corrected chi connectivity index (χ4v) is 3.45. The van der Waals surface area contributed by atoms with Gasteiger partial charge in [0.1, 0.15) is 0 Å². The summed E-state index contributed by atoms with van der Waals surface area (Å²) in [6.45, 7) is 10.3. The molecule has 2 nitrogen and oxygen atoms in total. The molecule has 1 saturated heterocycles. The highest BCUT2D eigenvalue weighted by Gasteiger charge is 2.26. The molecule has 1 aromatic rings.